The highest BCUT2D eigenvalue weighted by Gasteiger charge is 2.16. The number of nitrogens with one attached hydrogen (secondary N) is 2. The first-order valence-corrected chi connectivity index (χ1v) is 9.91. The molecule has 1 aromatic carbocycles. The summed E-state index contributed by atoms with van der Waals surface area (Å²) in [7, 11) is -3.73. The fraction of sp³-hybridized carbons (Fsp3) is 0.0833. The summed E-state index contributed by atoms with van der Waals surface area (Å²) in [5.41, 5.74) is 2.15. The van der Waals surface area contributed by atoms with Crippen LogP contribution in [0.1, 0.15) is 0 Å². The Morgan fingerprint density at radius 2 is 2.05 bits per heavy atom. The Kier molecular flexibility index (Phi) is 6.13. The van der Waals surface area contributed by atoms with Crippen molar-refractivity contribution in [3.8, 4) is 0 Å². The molecule has 0 aliphatic heterocycles. The molecule has 0 spiro atoms. The van der Waals surface area contributed by atoms with Crippen molar-refractivity contribution in [3.05, 3.63) is 45.8 Å². The van der Waals surface area contributed by atoms with E-state index in [2.05, 4.69) is 5.43 Å². The van der Waals surface area contributed by atoms with E-state index in [9.17, 15) is 13.2 Å². The molecule has 0 unspecified atom stereocenters. The lowest BCUT2D eigenvalue weighted by atomic mass is 10.4. The van der Waals surface area contributed by atoms with E-state index in [-0.39, 0.29) is 9.96 Å². The summed E-state index contributed by atoms with van der Waals surface area (Å²) < 4.78 is 23.7. The summed E-state index contributed by atoms with van der Waals surface area (Å²) >= 11 is 14.0. The number of carbonyl (C=O) groups is 1. The molecule has 0 radical (unpaired) electrons. The van der Waals surface area contributed by atoms with Gasteiger partial charge in [0.15, 0.2) is 0 Å². The van der Waals surface area contributed by atoms with Crippen LogP contribution in [0.3, 0.4) is 0 Å². The molecule has 118 valence electrons. The maximum Gasteiger partial charge on any atom is 0.266 e. The highest BCUT2D eigenvalue weighted by Crippen LogP contribution is 2.29. The van der Waals surface area contributed by atoms with Gasteiger partial charge in [-0.05, 0) is 29.6 Å². The maximum atomic E-state index is 11.8. The number of thiophene rings is 1. The molecule has 0 fully saturated rings. The van der Waals surface area contributed by atoms with Gasteiger partial charge in [-0.1, -0.05) is 29.3 Å². The fourth-order valence-corrected chi connectivity index (χ4v) is 4.50. The van der Waals surface area contributed by atoms with Crippen molar-refractivity contribution in [1.29, 1.82) is 0 Å². The van der Waals surface area contributed by atoms with Gasteiger partial charge < -0.3 is 0 Å². The minimum atomic E-state index is -3.73. The van der Waals surface area contributed by atoms with Crippen molar-refractivity contribution >= 4 is 62.2 Å². The van der Waals surface area contributed by atoms with Gasteiger partial charge in [0.25, 0.3) is 10.0 Å². The summed E-state index contributed by atoms with van der Waals surface area (Å²) in [6.07, 6.45) is 0. The fourth-order valence-electron chi connectivity index (χ4n) is 1.36. The summed E-state index contributed by atoms with van der Waals surface area (Å²) in [6.45, 7) is 0. The molecule has 1 amide bonds. The minimum absolute atomic E-state index is 0.00692. The number of hydrazine groups is 1. The van der Waals surface area contributed by atoms with Gasteiger partial charge in [0.1, 0.15) is 4.21 Å². The third-order valence-corrected chi connectivity index (χ3v) is 6.71. The van der Waals surface area contributed by atoms with Gasteiger partial charge in [-0.2, -0.15) is 0 Å². The summed E-state index contributed by atoms with van der Waals surface area (Å²) in [6, 6.07) is 7.96. The lowest BCUT2D eigenvalue weighted by Crippen LogP contribution is -2.42. The molecule has 0 saturated carbocycles. The summed E-state index contributed by atoms with van der Waals surface area (Å²) in [5.74, 6) is -0.506. The van der Waals surface area contributed by atoms with Crippen molar-refractivity contribution in [3.63, 3.8) is 0 Å². The van der Waals surface area contributed by atoms with Crippen molar-refractivity contribution in [2.75, 3.05) is 5.75 Å². The van der Waals surface area contributed by atoms with Crippen LogP contribution in [0.5, 0.6) is 0 Å². The number of sulfonamides is 1. The number of thioether (sulfide) groups is 1. The number of amides is 1. The molecule has 0 atom stereocenters. The Labute approximate surface area is 146 Å². The molecule has 2 N–H and O–H groups in total. The van der Waals surface area contributed by atoms with Crippen LogP contribution in [0.2, 0.25) is 10.0 Å². The number of hydrogen-bond acceptors (Lipinski definition) is 5. The van der Waals surface area contributed by atoms with Crippen molar-refractivity contribution in [2.24, 2.45) is 0 Å². The van der Waals surface area contributed by atoms with E-state index in [4.69, 9.17) is 23.2 Å². The molecule has 2 aromatic rings. The zero-order valence-electron chi connectivity index (χ0n) is 10.9. The maximum absolute atomic E-state index is 11.8. The number of benzene rings is 1. The van der Waals surface area contributed by atoms with Gasteiger partial charge >= 0.3 is 0 Å². The molecule has 1 aromatic heterocycles. The van der Waals surface area contributed by atoms with E-state index in [0.29, 0.717) is 14.9 Å². The van der Waals surface area contributed by atoms with Gasteiger partial charge in [-0.25, -0.2) is 8.42 Å². The van der Waals surface area contributed by atoms with Crippen LogP contribution >= 0.6 is 46.3 Å². The first kappa shape index (κ1) is 17.6. The zero-order chi connectivity index (χ0) is 16.2. The summed E-state index contributed by atoms with van der Waals surface area (Å²) in [5, 5.41) is 2.61. The second-order valence-corrected chi connectivity index (χ2v) is 8.67. The van der Waals surface area contributed by atoms with Crippen LogP contribution in [0, 0.1) is 0 Å². The lowest BCUT2D eigenvalue weighted by molar-refractivity contribution is -0.119. The molecule has 5 nitrogen and oxygen atoms in total. The minimum Gasteiger partial charge on any atom is -0.277 e. The molecular weight excluding hydrogens is 387 g/mol. The molecule has 10 heteroatoms. The van der Waals surface area contributed by atoms with E-state index < -0.39 is 15.9 Å². The van der Waals surface area contributed by atoms with E-state index >= 15 is 0 Å². The molecular formula is C12H10Cl2N2O3S3. The van der Waals surface area contributed by atoms with Gasteiger partial charge in [0.05, 0.1) is 10.8 Å². The van der Waals surface area contributed by atoms with E-state index in [1.54, 1.807) is 29.6 Å². The molecule has 1 heterocycles. The predicted molar refractivity (Wildman–Crippen MR) is 90.0 cm³/mol. The van der Waals surface area contributed by atoms with Gasteiger partial charge in [0, 0.05) is 9.92 Å². The predicted octanol–water partition coefficient (Wildman–Crippen LogP) is 3.16. The first-order chi connectivity index (χ1) is 10.4. The first-order valence-electron chi connectivity index (χ1n) is 5.80. The third kappa shape index (κ3) is 4.87. The van der Waals surface area contributed by atoms with Crippen LogP contribution in [-0.4, -0.2) is 20.1 Å². The molecule has 0 bridgehead atoms. The van der Waals surface area contributed by atoms with E-state index in [1.807, 2.05) is 4.83 Å². The molecule has 2 rings (SSSR count). The normalized spacial score (nSPS) is 11.4. The lowest BCUT2D eigenvalue weighted by Gasteiger charge is -2.07. The number of hydrogen-bond donors (Lipinski definition) is 2. The molecule has 22 heavy (non-hydrogen) atoms. The van der Waals surface area contributed by atoms with Gasteiger partial charge in [0.2, 0.25) is 5.91 Å². The SMILES string of the molecule is O=C(CSc1cc(Cl)ccc1Cl)NNS(=O)(=O)c1cccs1. The largest absolute Gasteiger partial charge is 0.277 e. The Morgan fingerprint density at radius 1 is 1.27 bits per heavy atom. The monoisotopic (exact) mass is 396 g/mol. The van der Waals surface area contributed by atoms with Gasteiger partial charge in [-0.15, -0.1) is 27.9 Å². The Bertz CT molecular complexity index is 764. The van der Waals surface area contributed by atoms with Crippen LogP contribution in [0.25, 0.3) is 0 Å². The Morgan fingerprint density at radius 3 is 2.73 bits per heavy atom. The molecule has 0 saturated heterocycles. The molecule has 0 aliphatic rings. The number of rotatable bonds is 6. The summed E-state index contributed by atoms with van der Waals surface area (Å²) in [4.78, 5) is 14.4. The number of halogens is 2. The quantitative estimate of drug-likeness (QED) is 0.580. The van der Waals surface area contributed by atoms with Crippen molar-refractivity contribution in [1.82, 2.24) is 10.3 Å². The highest BCUT2D eigenvalue weighted by molar-refractivity contribution is 8.00. The van der Waals surface area contributed by atoms with Crippen molar-refractivity contribution < 1.29 is 13.2 Å². The van der Waals surface area contributed by atoms with E-state index in [0.717, 1.165) is 23.1 Å². The second kappa shape index (κ2) is 7.67. The molecule has 0 aliphatic carbocycles. The third-order valence-electron chi connectivity index (χ3n) is 2.34. The standard InChI is InChI=1S/C12H10Cl2N2O3S3/c13-8-3-4-9(14)10(6-8)21-7-11(17)15-16-22(18,19)12-2-1-5-20-12/h1-6,16H,7H2,(H,15,17). The van der Waals surface area contributed by atoms with Crippen LogP contribution in [0.15, 0.2) is 44.8 Å². The van der Waals surface area contributed by atoms with Crippen LogP contribution < -0.4 is 10.3 Å². The highest BCUT2D eigenvalue weighted by atomic mass is 35.5. The van der Waals surface area contributed by atoms with Crippen molar-refractivity contribution in [2.45, 2.75) is 9.10 Å². The zero-order valence-corrected chi connectivity index (χ0v) is 14.8. The second-order valence-electron chi connectivity index (χ2n) is 3.95. The Hall–Kier alpha value is -0.770. The average molecular weight is 397 g/mol. The smallest absolute Gasteiger partial charge is 0.266 e. The Balaban J connectivity index is 1.87. The number of carbonyl (C=O) groups excluding carboxylic acids is 1. The average Bonchev–Trinajstić information content (AvgIpc) is 3.01. The van der Waals surface area contributed by atoms with Crippen LogP contribution in [0.4, 0.5) is 0 Å². The van der Waals surface area contributed by atoms with Crippen LogP contribution in [-0.2, 0) is 14.8 Å². The van der Waals surface area contributed by atoms with Gasteiger partial charge in [-0.3, -0.25) is 10.2 Å². The topological polar surface area (TPSA) is 75.3 Å². The van der Waals surface area contributed by atoms with E-state index in [1.165, 1.54) is 6.07 Å².